The second-order valence-corrected chi connectivity index (χ2v) is 8.14. The van der Waals surface area contributed by atoms with Crippen molar-refractivity contribution in [2.75, 3.05) is 0 Å². The molecule has 0 bridgehead atoms. The molecule has 0 fully saturated rings. The van der Waals surface area contributed by atoms with Crippen LogP contribution in [0.2, 0.25) is 0 Å². The number of nitrogens with one attached hydrogen (secondary N) is 1. The van der Waals surface area contributed by atoms with Crippen LogP contribution in [-0.4, -0.2) is 27.1 Å². The molecule has 3 aromatic rings. The monoisotopic (exact) mass is 405 g/mol. The zero-order chi connectivity index (χ0) is 19.1. The minimum Gasteiger partial charge on any atom is -0.480 e. The number of carboxylic acid groups (broad SMARTS) is 1. The molecule has 6 nitrogen and oxygen atoms in total. The molecule has 3 heterocycles. The standard InChI is InChI=1S/C18H12FNO5S2/c19-9-5-3-8(4-6-9)13(21)12-11(10-2-1-7-25-10)14-16(20-18(24)27-14)26-15(12)17(22)23/h1-7,11-12,15H,(H,20,24)(H,22,23). The smallest absolute Gasteiger partial charge is 0.317 e. The van der Waals surface area contributed by atoms with E-state index in [1.54, 1.807) is 12.1 Å². The van der Waals surface area contributed by atoms with Gasteiger partial charge in [-0.05, 0) is 36.4 Å². The number of benzene rings is 1. The minimum absolute atomic E-state index is 0.205. The molecular formula is C18H12FNO5S2. The maximum absolute atomic E-state index is 13.2. The summed E-state index contributed by atoms with van der Waals surface area (Å²) < 4.78 is 18.7. The lowest BCUT2D eigenvalue weighted by atomic mass is 9.80. The molecule has 2 N–H and O–H groups in total. The Bertz CT molecular complexity index is 1050. The van der Waals surface area contributed by atoms with E-state index in [-0.39, 0.29) is 10.4 Å². The number of rotatable bonds is 4. The average Bonchev–Trinajstić information content (AvgIpc) is 3.28. The van der Waals surface area contributed by atoms with Gasteiger partial charge in [-0.3, -0.25) is 14.4 Å². The van der Waals surface area contributed by atoms with Crippen molar-refractivity contribution in [1.82, 2.24) is 4.98 Å². The molecule has 2 aromatic heterocycles. The number of hydrogen-bond donors (Lipinski definition) is 2. The van der Waals surface area contributed by atoms with E-state index in [1.807, 2.05) is 0 Å². The molecule has 3 unspecified atom stereocenters. The Labute approximate surface area is 160 Å². The van der Waals surface area contributed by atoms with Gasteiger partial charge in [0.25, 0.3) is 0 Å². The van der Waals surface area contributed by atoms with E-state index < -0.39 is 34.7 Å². The Morgan fingerprint density at radius 3 is 2.56 bits per heavy atom. The molecular weight excluding hydrogens is 393 g/mol. The number of ketones is 1. The summed E-state index contributed by atoms with van der Waals surface area (Å²) in [6.45, 7) is 0. The van der Waals surface area contributed by atoms with Gasteiger partial charge >= 0.3 is 10.8 Å². The molecule has 9 heteroatoms. The lowest BCUT2D eigenvalue weighted by molar-refractivity contribution is -0.137. The summed E-state index contributed by atoms with van der Waals surface area (Å²) in [5.41, 5.74) is 0.205. The van der Waals surface area contributed by atoms with Crippen LogP contribution >= 0.6 is 23.1 Å². The lowest BCUT2D eigenvalue weighted by Crippen LogP contribution is -2.39. The summed E-state index contributed by atoms with van der Waals surface area (Å²) >= 11 is 1.87. The van der Waals surface area contributed by atoms with Crippen LogP contribution in [0.4, 0.5) is 4.39 Å². The van der Waals surface area contributed by atoms with E-state index >= 15 is 0 Å². The first-order chi connectivity index (χ1) is 13.0. The van der Waals surface area contributed by atoms with Crippen LogP contribution in [0.5, 0.6) is 0 Å². The summed E-state index contributed by atoms with van der Waals surface area (Å²) in [7, 11) is 0. The number of carbonyl (C=O) groups excluding carboxylic acids is 1. The number of thiazole rings is 1. The van der Waals surface area contributed by atoms with E-state index in [0.717, 1.165) is 35.2 Å². The van der Waals surface area contributed by atoms with Crippen LogP contribution in [0.3, 0.4) is 0 Å². The maximum atomic E-state index is 13.2. The molecule has 3 atom stereocenters. The first kappa shape index (κ1) is 17.7. The summed E-state index contributed by atoms with van der Waals surface area (Å²) in [6.07, 6.45) is 1.43. The molecule has 0 amide bonds. The average molecular weight is 405 g/mol. The minimum atomic E-state index is -1.17. The number of aromatic amines is 1. The van der Waals surface area contributed by atoms with Crippen molar-refractivity contribution in [2.45, 2.75) is 16.2 Å². The van der Waals surface area contributed by atoms with E-state index in [4.69, 9.17) is 4.42 Å². The van der Waals surface area contributed by atoms with Gasteiger partial charge in [-0.1, -0.05) is 23.1 Å². The number of carbonyl (C=O) groups is 2. The number of carboxylic acids is 1. The number of halogens is 1. The number of aliphatic carboxylic acids is 1. The molecule has 0 saturated heterocycles. The van der Waals surface area contributed by atoms with E-state index in [0.29, 0.717) is 15.7 Å². The highest BCUT2D eigenvalue weighted by Crippen LogP contribution is 2.50. The summed E-state index contributed by atoms with van der Waals surface area (Å²) in [5, 5.41) is 9.05. The quantitative estimate of drug-likeness (QED) is 0.646. The van der Waals surface area contributed by atoms with Gasteiger partial charge in [0.1, 0.15) is 16.8 Å². The highest BCUT2D eigenvalue weighted by Gasteiger charge is 2.48. The van der Waals surface area contributed by atoms with Gasteiger partial charge in [0.05, 0.1) is 28.0 Å². The fraction of sp³-hybridized carbons (Fsp3) is 0.167. The van der Waals surface area contributed by atoms with Gasteiger partial charge in [-0.25, -0.2) is 4.39 Å². The van der Waals surface area contributed by atoms with Crippen LogP contribution in [0.15, 0.2) is 56.9 Å². The number of thioether (sulfide) groups is 1. The molecule has 1 aromatic carbocycles. The number of furan rings is 1. The normalized spacial score (nSPS) is 21.6. The largest absolute Gasteiger partial charge is 0.480 e. The van der Waals surface area contributed by atoms with Gasteiger partial charge < -0.3 is 14.5 Å². The topological polar surface area (TPSA) is 100 Å². The summed E-state index contributed by atoms with van der Waals surface area (Å²) in [4.78, 5) is 39.9. The van der Waals surface area contributed by atoms with Crippen LogP contribution in [0, 0.1) is 11.7 Å². The van der Waals surface area contributed by atoms with Gasteiger partial charge in [-0.2, -0.15) is 0 Å². The van der Waals surface area contributed by atoms with E-state index in [1.165, 1.54) is 18.4 Å². The molecule has 0 aliphatic carbocycles. The number of Topliss-reactive ketones (excluding diaryl/α,β-unsaturated/α-hetero) is 1. The molecule has 1 aliphatic heterocycles. The zero-order valence-corrected chi connectivity index (χ0v) is 15.2. The predicted molar refractivity (Wildman–Crippen MR) is 97.0 cm³/mol. The third-order valence-electron chi connectivity index (χ3n) is 4.38. The highest BCUT2D eigenvalue weighted by atomic mass is 32.2. The van der Waals surface area contributed by atoms with Crippen LogP contribution in [0.1, 0.15) is 26.9 Å². The van der Waals surface area contributed by atoms with Crippen molar-refractivity contribution in [1.29, 1.82) is 0 Å². The number of aromatic nitrogens is 1. The highest BCUT2D eigenvalue weighted by molar-refractivity contribution is 8.00. The molecule has 0 radical (unpaired) electrons. The molecule has 4 rings (SSSR count). The van der Waals surface area contributed by atoms with Crippen molar-refractivity contribution in [3.63, 3.8) is 0 Å². The van der Waals surface area contributed by atoms with Crippen molar-refractivity contribution in [2.24, 2.45) is 5.92 Å². The van der Waals surface area contributed by atoms with E-state index in [9.17, 15) is 23.9 Å². The Balaban J connectivity index is 1.88. The van der Waals surface area contributed by atoms with Crippen molar-refractivity contribution >= 4 is 34.9 Å². The SMILES string of the molecule is O=C(O)C1Sc2[nH]c(=O)sc2C(c2ccco2)C1C(=O)c1ccc(F)cc1. The van der Waals surface area contributed by atoms with Gasteiger partial charge in [-0.15, -0.1) is 0 Å². The van der Waals surface area contributed by atoms with Gasteiger partial charge in [0, 0.05) is 5.56 Å². The fourth-order valence-corrected chi connectivity index (χ4v) is 5.63. The maximum Gasteiger partial charge on any atom is 0.317 e. The predicted octanol–water partition coefficient (Wildman–Crippen LogP) is 3.36. The Morgan fingerprint density at radius 2 is 1.93 bits per heavy atom. The van der Waals surface area contributed by atoms with Gasteiger partial charge in [0.2, 0.25) is 0 Å². The second-order valence-electron chi connectivity index (χ2n) is 5.97. The summed E-state index contributed by atoms with van der Waals surface area (Å²) in [5.74, 6) is -3.44. The first-order valence-corrected chi connectivity index (χ1v) is 9.61. The first-order valence-electron chi connectivity index (χ1n) is 7.91. The fourth-order valence-electron chi connectivity index (χ4n) is 3.23. The molecule has 138 valence electrons. The molecule has 1 aliphatic rings. The van der Waals surface area contributed by atoms with Crippen LogP contribution < -0.4 is 4.87 Å². The third-order valence-corrected chi connectivity index (χ3v) is 6.78. The van der Waals surface area contributed by atoms with Crippen molar-refractivity contribution in [3.05, 3.63) is 74.3 Å². The lowest BCUT2D eigenvalue weighted by Gasteiger charge is -2.33. The Morgan fingerprint density at radius 1 is 1.19 bits per heavy atom. The van der Waals surface area contributed by atoms with Crippen LogP contribution in [-0.2, 0) is 4.79 Å². The third kappa shape index (κ3) is 3.13. The number of H-pyrrole nitrogens is 1. The van der Waals surface area contributed by atoms with Gasteiger partial charge in [0.15, 0.2) is 5.78 Å². The molecule has 27 heavy (non-hydrogen) atoms. The molecule has 0 spiro atoms. The van der Waals surface area contributed by atoms with Crippen molar-refractivity contribution < 1.29 is 23.5 Å². The zero-order valence-electron chi connectivity index (χ0n) is 13.5. The molecule has 0 saturated carbocycles. The number of hydrogen-bond acceptors (Lipinski definition) is 6. The summed E-state index contributed by atoms with van der Waals surface area (Å²) in [6, 6.07) is 8.26. The van der Waals surface area contributed by atoms with Crippen molar-refractivity contribution in [3.8, 4) is 0 Å². The number of fused-ring (bicyclic) bond motifs is 1. The Kier molecular flexibility index (Phi) is 4.48. The second kappa shape index (κ2) is 6.82. The Hall–Kier alpha value is -2.65. The van der Waals surface area contributed by atoms with Crippen LogP contribution in [0.25, 0.3) is 0 Å². The van der Waals surface area contributed by atoms with E-state index in [2.05, 4.69) is 4.98 Å².